The van der Waals surface area contributed by atoms with E-state index in [9.17, 15) is 8.78 Å². The van der Waals surface area contributed by atoms with Crippen LogP contribution in [0.4, 0.5) is 8.78 Å². The molecule has 0 aliphatic carbocycles. The molecule has 0 atom stereocenters. The Kier molecular flexibility index (Phi) is 4.93. The molecule has 0 bridgehead atoms. The highest BCUT2D eigenvalue weighted by Crippen LogP contribution is 2.27. The average Bonchev–Trinajstić information content (AvgIpc) is 2.86. The zero-order chi connectivity index (χ0) is 13.7. The van der Waals surface area contributed by atoms with E-state index in [1.165, 1.54) is 11.3 Å². The molecule has 0 fully saturated rings. The van der Waals surface area contributed by atoms with Crippen molar-refractivity contribution in [3.8, 4) is 10.6 Å². The first-order chi connectivity index (χ1) is 9.20. The van der Waals surface area contributed by atoms with Crippen molar-refractivity contribution in [3.05, 3.63) is 34.8 Å². The lowest BCUT2D eigenvalue weighted by Crippen LogP contribution is -2.14. The van der Waals surface area contributed by atoms with Crippen molar-refractivity contribution in [2.45, 2.75) is 19.8 Å². The zero-order valence-electron chi connectivity index (χ0n) is 10.6. The molecule has 1 aromatic carbocycles. The second-order valence-corrected chi connectivity index (χ2v) is 5.14. The first kappa shape index (κ1) is 14.0. The van der Waals surface area contributed by atoms with E-state index < -0.39 is 11.6 Å². The number of benzene rings is 1. The van der Waals surface area contributed by atoms with E-state index in [1.54, 1.807) is 0 Å². The van der Waals surface area contributed by atoms with Gasteiger partial charge >= 0.3 is 0 Å². The van der Waals surface area contributed by atoms with Crippen molar-refractivity contribution >= 4 is 11.3 Å². The summed E-state index contributed by atoms with van der Waals surface area (Å²) in [6.45, 7) is 3.91. The number of rotatable bonds is 6. The van der Waals surface area contributed by atoms with E-state index in [4.69, 9.17) is 0 Å². The summed E-state index contributed by atoms with van der Waals surface area (Å²) in [7, 11) is 0. The van der Waals surface area contributed by atoms with Crippen molar-refractivity contribution in [2.75, 3.05) is 13.1 Å². The van der Waals surface area contributed by atoms with Gasteiger partial charge in [-0.05, 0) is 37.7 Å². The summed E-state index contributed by atoms with van der Waals surface area (Å²) in [4.78, 5) is 0. The van der Waals surface area contributed by atoms with Crippen LogP contribution < -0.4 is 5.32 Å². The molecule has 6 heteroatoms. The van der Waals surface area contributed by atoms with Crippen molar-refractivity contribution in [3.63, 3.8) is 0 Å². The summed E-state index contributed by atoms with van der Waals surface area (Å²) in [5.74, 6) is -0.947. The smallest absolute Gasteiger partial charge is 0.150 e. The lowest BCUT2D eigenvalue weighted by atomic mass is 10.2. The molecule has 0 saturated heterocycles. The van der Waals surface area contributed by atoms with E-state index in [2.05, 4.69) is 22.4 Å². The lowest BCUT2D eigenvalue weighted by molar-refractivity contribution is 0.603. The van der Waals surface area contributed by atoms with Gasteiger partial charge in [-0.25, -0.2) is 8.78 Å². The predicted octanol–water partition coefficient (Wildman–Crippen LogP) is 3.03. The van der Waals surface area contributed by atoms with Crippen molar-refractivity contribution in [2.24, 2.45) is 0 Å². The molecule has 2 rings (SSSR count). The van der Waals surface area contributed by atoms with Crippen LogP contribution in [0.3, 0.4) is 0 Å². The molecule has 1 N–H and O–H groups in total. The lowest BCUT2D eigenvalue weighted by Gasteiger charge is -1.98. The molecule has 0 amide bonds. The molecule has 102 valence electrons. The van der Waals surface area contributed by atoms with E-state index >= 15 is 0 Å². The zero-order valence-corrected chi connectivity index (χ0v) is 11.4. The van der Waals surface area contributed by atoms with Gasteiger partial charge in [-0.3, -0.25) is 0 Å². The maximum atomic E-state index is 13.6. The molecule has 0 saturated carbocycles. The fourth-order valence-corrected chi connectivity index (χ4v) is 2.57. The fraction of sp³-hybridized carbons (Fsp3) is 0.385. The number of hydrogen-bond acceptors (Lipinski definition) is 4. The molecule has 19 heavy (non-hydrogen) atoms. The van der Waals surface area contributed by atoms with Crippen LogP contribution >= 0.6 is 11.3 Å². The van der Waals surface area contributed by atoms with Crippen LogP contribution in [0.1, 0.15) is 18.4 Å². The van der Waals surface area contributed by atoms with E-state index in [-0.39, 0.29) is 5.56 Å². The quantitative estimate of drug-likeness (QED) is 0.828. The first-order valence-electron chi connectivity index (χ1n) is 6.19. The third-order valence-electron chi connectivity index (χ3n) is 2.62. The van der Waals surface area contributed by atoms with Gasteiger partial charge in [0.15, 0.2) is 5.01 Å². The SMILES string of the molecule is CCNCCCc1nnc(-c2cc(F)ccc2F)s1. The van der Waals surface area contributed by atoms with E-state index in [1.807, 2.05) is 0 Å². The van der Waals surface area contributed by atoms with Crippen LogP contribution in [0.25, 0.3) is 10.6 Å². The highest BCUT2D eigenvalue weighted by atomic mass is 32.1. The Morgan fingerprint density at radius 2 is 2.11 bits per heavy atom. The summed E-state index contributed by atoms with van der Waals surface area (Å²) in [5.41, 5.74) is 0.176. The van der Waals surface area contributed by atoms with Crippen molar-refractivity contribution < 1.29 is 8.78 Å². The Labute approximate surface area is 114 Å². The Hall–Kier alpha value is -1.40. The van der Waals surface area contributed by atoms with Gasteiger partial charge in [0.05, 0.1) is 5.56 Å². The monoisotopic (exact) mass is 283 g/mol. The molecule has 0 spiro atoms. The largest absolute Gasteiger partial charge is 0.317 e. The summed E-state index contributed by atoms with van der Waals surface area (Å²) in [6, 6.07) is 3.35. The van der Waals surface area contributed by atoms with Gasteiger partial charge in [0.25, 0.3) is 0 Å². The third-order valence-corrected chi connectivity index (χ3v) is 3.64. The summed E-state index contributed by atoms with van der Waals surface area (Å²) in [5, 5.41) is 12.4. The van der Waals surface area contributed by atoms with Gasteiger partial charge in [-0.2, -0.15) is 0 Å². The van der Waals surface area contributed by atoms with Crippen LogP contribution in [-0.4, -0.2) is 23.3 Å². The molecule has 2 aromatic rings. The Balaban J connectivity index is 2.06. The summed E-state index contributed by atoms with van der Waals surface area (Å²) in [6.07, 6.45) is 1.75. The molecular weight excluding hydrogens is 268 g/mol. The first-order valence-corrected chi connectivity index (χ1v) is 7.01. The minimum atomic E-state index is -0.475. The van der Waals surface area contributed by atoms with Crippen LogP contribution in [0.15, 0.2) is 18.2 Å². The van der Waals surface area contributed by atoms with Gasteiger partial charge < -0.3 is 5.32 Å². The Morgan fingerprint density at radius 3 is 2.89 bits per heavy atom. The highest BCUT2D eigenvalue weighted by Gasteiger charge is 2.12. The molecule has 0 radical (unpaired) electrons. The molecule has 3 nitrogen and oxygen atoms in total. The summed E-state index contributed by atoms with van der Waals surface area (Å²) < 4.78 is 26.7. The minimum absolute atomic E-state index is 0.176. The van der Waals surface area contributed by atoms with Gasteiger partial charge in [0.1, 0.15) is 16.6 Å². The third kappa shape index (κ3) is 3.78. The second-order valence-electron chi connectivity index (χ2n) is 4.08. The van der Waals surface area contributed by atoms with Gasteiger partial charge in [-0.15, -0.1) is 10.2 Å². The van der Waals surface area contributed by atoms with Crippen molar-refractivity contribution in [1.29, 1.82) is 0 Å². The minimum Gasteiger partial charge on any atom is -0.317 e. The average molecular weight is 283 g/mol. The van der Waals surface area contributed by atoms with Crippen LogP contribution in [-0.2, 0) is 6.42 Å². The molecule has 1 aromatic heterocycles. The topological polar surface area (TPSA) is 37.8 Å². The number of nitrogens with zero attached hydrogens (tertiary/aromatic N) is 2. The standard InChI is InChI=1S/C13H15F2N3S/c1-2-16-7-3-4-12-17-18-13(19-12)10-8-9(14)5-6-11(10)15/h5-6,8,16H,2-4,7H2,1H3. The maximum absolute atomic E-state index is 13.6. The number of hydrogen-bond donors (Lipinski definition) is 1. The molecule has 0 aliphatic rings. The maximum Gasteiger partial charge on any atom is 0.150 e. The molecule has 0 unspecified atom stereocenters. The number of nitrogens with one attached hydrogen (secondary N) is 1. The highest BCUT2D eigenvalue weighted by molar-refractivity contribution is 7.14. The van der Waals surface area contributed by atoms with E-state index in [0.717, 1.165) is 49.1 Å². The fourth-order valence-electron chi connectivity index (χ4n) is 1.67. The van der Waals surface area contributed by atoms with Gasteiger partial charge in [0, 0.05) is 6.42 Å². The van der Waals surface area contributed by atoms with Crippen LogP contribution in [0.2, 0.25) is 0 Å². The second kappa shape index (κ2) is 6.68. The summed E-state index contributed by atoms with van der Waals surface area (Å²) >= 11 is 1.31. The van der Waals surface area contributed by atoms with Crippen molar-refractivity contribution in [1.82, 2.24) is 15.5 Å². The number of halogens is 2. The number of aromatic nitrogens is 2. The Bertz CT molecular complexity index is 542. The van der Waals surface area contributed by atoms with E-state index in [0.29, 0.717) is 5.01 Å². The van der Waals surface area contributed by atoms with Crippen LogP contribution in [0.5, 0.6) is 0 Å². The van der Waals surface area contributed by atoms with Gasteiger partial charge in [-0.1, -0.05) is 18.3 Å². The number of aryl methyl sites for hydroxylation is 1. The molecule has 0 aliphatic heterocycles. The molecular formula is C13H15F2N3S. The molecule has 1 heterocycles. The van der Waals surface area contributed by atoms with Gasteiger partial charge in [0.2, 0.25) is 0 Å². The van der Waals surface area contributed by atoms with Crippen LogP contribution in [0, 0.1) is 11.6 Å². The Morgan fingerprint density at radius 1 is 1.26 bits per heavy atom. The predicted molar refractivity (Wildman–Crippen MR) is 72.1 cm³/mol. The normalized spacial score (nSPS) is 10.9.